The molecule has 3 aliphatic rings. The molecule has 0 radical (unpaired) electrons. The summed E-state index contributed by atoms with van der Waals surface area (Å²) in [6.07, 6.45) is 7.63. The molecule has 1 aromatic carbocycles. The first kappa shape index (κ1) is 25.3. The fourth-order valence-corrected chi connectivity index (χ4v) is 5.82. The van der Waals surface area contributed by atoms with Gasteiger partial charge in [0.2, 0.25) is 0 Å². The molecule has 0 aromatic heterocycles. The number of carbonyl (C=O) groups excluding carboxylic acids is 2. The van der Waals surface area contributed by atoms with Crippen molar-refractivity contribution in [3.63, 3.8) is 0 Å². The zero-order valence-corrected chi connectivity index (χ0v) is 21.6. The molecule has 7 nitrogen and oxygen atoms in total. The number of benzene rings is 1. The smallest absolute Gasteiger partial charge is 0.325 e. The number of imide groups is 1. The van der Waals surface area contributed by atoms with E-state index in [1.54, 1.807) is 20.3 Å². The van der Waals surface area contributed by atoms with Gasteiger partial charge < -0.3 is 14.8 Å². The van der Waals surface area contributed by atoms with Crippen LogP contribution in [-0.2, 0) is 11.3 Å². The molecule has 1 N–H and O–H groups in total. The number of urea groups is 1. The average molecular weight is 482 g/mol. The second-order valence-electron chi connectivity index (χ2n) is 10.4. The lowest BCUT2D eigenvalue weighted by molar-refractivity contribution is -0.133. The molecule has 0 bridgehead atoms. The maximum absolute atomic E-state index is 13.5. The number of carbonyl (C=O) groups is 2. The number of allylic oxidation sites excluding steroid dienone is 2. The largest absolute Gasteiger partial charge is 0.493 e. The van der Waals surface area contributed by atoms with Crippen LogP contribution in [-0.4, -0.2) is 61.1 Å². The highest BCUT2D eigenvalue weighted by atomic mass is 16.5. The number of rotatable bonds is 8. The van der Waals surface area contributed by atoms with Crippen LogP contribution in [0.4, 0.5) is 4.79 Å². The minimum absolute atomic E-state index is 0.112. The van der Waals surface area contributed by atoms with E-state index in [-0.39, 0.29) is 24.4 Å². The van der Waals surface area contributed by atoms with Gasteiger partial charge in [-0.1, -0.05) is 35.9 Å². The SMILES string of the molecule is C=C(C)[C@@H]1CC=C(CN2CCC([C@@]3(C)NC(=O)N(Cc4cccc(OC)c4OC)C3=O)CC2)CC1. The topological polar surface area (TPSA) is 71.1 Å². The number of nitrogens with zero attached hydrogens (tertiary/aromatic N) is 2. The molecule has 2 saturated heterocycles. The molecule has 2 fully saturated rings. The standard InChI is InChI=1S/C28H39N3O4/c1-19(2)21-11-9-20(10-12-21)17-30-15-13-23(14-16-30)28(3)26(32)31(27(33)29-28)18-22-7-6-8-24(34-4)25(22)35-5/h6-9,21,23H,1,10-18H2,2-5H3,(H,29,33)/t21-,28-/m1/s1. The molecule has 190 valence electrons. The fraction of sp³-hybridized carbons (Fsp3) is 0.571. The molecule has 7 heteroatoms. The van der Waals surface area contributed by atoms with Gasteiger partial charge in [0.25, 0.3) is 5.91 Å². The van der Waals surface area contributed by atoms with Gasteiger partial charge in [0.15, 0.2) is 11.5 Å². The van der Waals surface area contributed by atoms with Crippen LogP contribution < -0.4 is 14.8 Å². The predicted molar refractivity (Wildman–Crippen MR) is 136 cm³/mol. The molecule has 2 aliphatic heterocycles. The van der Waals surface area contributed by atoms with Crippen molar-refractivity contribution in [3.05, 3.63) is 47.6 Å². The van der Waals surface area contributed by atoms with Crippen LogP contribution in [0.1, 0.15) is 51.5 Å². The van der Waals surface area contributed by atoms with Gasteiger partial charge in [0.05, 0.1) is 20.8 Å². The van der Waals surface area contributed by atoms with Gasteiger partial charge in [-0.25, -0.2) is 4.79 Å². The lowest BCUT2D eigenvalue weighted by atomic mass is 9.78. The number of hydrogen-bond donors (Lipinski definition) is 1. The van der Waals surface area contributed by atoms with Crippen molar-refractivity contribution in [2.75, 3.05) is 33.9 Å². The normalized spacial score (nSPS) is 25.9. The Morgan fingerprint density at radius 1 is 1.14 bits per heavy atom. The molecule has 3 amide bonds. The van der Waals surface area contributed by atoms with Gasteiger partial charge in [0.1, 0.15) is 5.54 Å². The number of piperidine rings is 1. The second-order valence-corrected chi connectivity index (χ2v) is 10.4. The van der Waals surface area contributed by atoms with E-state index in [0.717, 1.165) is 50.9 Å². The third kappa shape index (κ3) is 5.10. The van der Waals surface area contributed by atoms with E-state index in [1.807, 2.05) is 19.1 Å². The number of likely N-dealkylation sites (tertiary alicyclic amines) is 1. The van der Waals surface area contributed by atoms with Crippen LogP contribution in [0, 0.1) is 11.8 Å². The first-order chi connectivity index (χ1) is 16.8. The second kappa shape index (κ2) is 10.4. The summed E-state index contributed by atoms with van der Waals surface area (Å²) in [6.45, 7) is 11.2. The number of amides is 3. The zero-order chi connectivity index (χ0) is 25.2. The Bertz CT molecular complexity index is 1010. The fourth-order valence-electron chi connectivity index (χ4n) is 5.82. The first-order valence-corrected chi connectivity index (χ1v) is 12.7. The maximum atomic E-state index is 13.5. The van der Waals surface area contributed by atoms with E-state index >= 15 is 0 Å². The Balaban J connectivity index is 1.37. The lowest BCUT2D eigenvalue weighted by Gasteiger charge is -2.39. The molecule has 35 heavy (non-hydrogen) atoms. The van der Waals surface area contributed by atoms with Crippen molar-refractivity contribution >= 4 is 11.9 Å². The van der Waals surface area contributed by atoms with Gasteiger partial charge in [-0.2, -0.15) is 0 Å². The van der Waals surface area contributed by atoms with Crippen LogP contribution in [0.3, 0.4) is 0 Å². The van der Waals surface area contributed by atoms with Crippen molar-refractivity contribution in [2.45, 2.75) is 58.0 Å². The molecule has 0 unspecified atom stereocenters. The van der Waals surface area contributed by atoms with Crippen LogP contribution in [0.15, 0.2) is 42.0 Å². The van der Waals surface area contributed by atoms with E-state index in [2.05, 4.69) is 29.8 Å². The van der Waals surface area contributed by atoms with Gasteiger partial charge in [0, 0.05) is 12.1 Å². The minimum atomic E-state index is -0.881. The molecule has 4 rings (SSSR count). The highest BCUT2D eigenvalue weighted by molar-refractivity contribution is 6.07. The average Bonchev–Trinajstić information content (AvgIpc) is 3.08. The minimum Gasteiger partial charge on any atom is -0.493 e. The molecule has 0 spiro atoms. The van der Waals surface area contributed by atoms with Crippen molar-refractivity contribution in [3.8, 4) is 11.5 Å². The van der Waals surface area contributed by atoms with E-state index in [1.165, 1.54) is 22.5 Å². The summed E-state index contributed by atoms with van der Waals surface area (Å²) in [6, 6.07) is 5.15. The number of hydrogen-bond acceptors (Lipinski definition) is 5. The first-order valence-electron chi connectivity index (χ1n) is 12.7. The molecule has 1 aromatic rings. The summed E-state index contributed by atoms with van der Waals surface area (Å²) >= 11 is 0. The Morgan fingerprint density at radius 2 is 1.89 bits per heavy atom. The molecular formula is C28H39N3O4. The van der Waals surface area contributed by atoms with Crippen molar-refractivity contribution in [1.82, 2.24) is 15.1 Å². The van der Waals surface area contributed by atoms with Crippen LogP contribution in [0.2, 0.25) is 0 Å². The summed E-state index contributed by atoms with van der Waals surface area (Å²) in [4.78, 5) is 30.2. The van der Waals surface area contributed by atoms with E-state index in [9.17, 15) is 9.59 Å². The lowest BCUT2D eigenvalue weighted by Crippen LogP contribution is -2.54. The Hall–Kier alpha value is -2.80. The summed E-state index contributed by atoms with van der Waals surface area (Å²) < 4.78 is 10.9. The molecule has 1 aliphatic carbocycles. The quantitative estimate of drug-likeness (QED) is 0.436. The van der Waals surface area contributed by atoms with Gasteiger partial charge >= 0.3 is 6.03 Å². The monoisotopic (exact) mass is 481 g/mol. The van der Waals surface area contributed by atoms with Gasteiger partial charge in [-0.15, -0.1) is 0 Å². The van der Waals surface area contributed by atoms with Gasteiger partial charge in [-0.05, 0) is 76.9 Å². The maximum Gasteiger partial charge on any atom is 0.325 e. The molecule has 2 atom stereocenters. The number of nitrogens with one attached hydrogen (secondary N) is 1. The number of ether oxygens (including phenoxy) is 2. The van der Waals surface area contributed by atoms with Gasteiger partial charge in [-0.3, -0.25) is 14.6 Å². The van der Waals surface area contributed by atoms with Crippen LogP contribution in [0.25, 0.3) is 0 Å². The third-order valence-electron chi connectivity index (χ3n) is 8.15. The van der Waals surface area contributed by atoms with E-state index in [4.69, 9.17) is 9.47 Å². The highest BCUT2D eigenvalue weighted by Gasteiger charge is 2.52. The Kier molecular flexibility index (Phi) is 7.55. The Morgan fingerprint density at radius 3 is 2.49 bits per heavy atom. The van der Waals surface area contributed by atoms with E-state index < -0.39 is 5.54 Å². The van der Waals surface area contributed by atoms with Crippen molar-refractivity contribution in [2.24, 2.45) is 11.8 Å². The number of para-hydroxylation sites is 1. The van der Waals surface area contributed by atoms with Crippen molar-refractivity contribution < 1.29 is 19.1 Å². The third-order valence-corrected chi connectivity index (χ3v) is 8.15. The van der Waals surface area contributed by atoms with Crippen LogP contribution >= 0.6 is 0 Å². The van der Waals surface area contributed by atoms with Crippen molar-refractivity contribution in [1.29, 1.82) is 0 Å². The summed E-state index contributed by atoms with van der Waals surface area (Å²) in [7, 11) is 3.13. The summed E-state index contributed by atoms with van der Waals surface area (Å²) in [5, 5.41) is 3.03. The summed E-state index contributed by atoms with van der Waals surface area (Å²) in [5.74, 6) is 1.70. The molecule has 0 saturated carbocycles. The van der Waals surface area contributed by atoms with Crippen LogP contribution in [0.5, 0.6) is 11.5 Å². The van der Waals surface area contributed by atoms with E-state index in [0.29, 0.717) is 17.4 Å². The number of methoxy groups -OCH3 is 2. The molecule has 2 heterocycles. The predicted octanol–water partition coefficient (Wildman–Crippen LogP) is 4.53. The Labute approximate surface area is 209 Å². The highest BCUT2D eigenvalue weighted by Crippen LogP contribution is 2.37. The summed E-state index contributed by atoms with van der Waals surface area (Å²) in [5.41, 5.74) is 2.67. The molecular weight excluding hydrogens is 442 g/mol. The zero-order valence-electron chi connectivity index (χ0n) is 21.6.